The van der Waals surface area contributed by atoms with Gasteiger partial charge in [0.2, 0.25) is 5.91 Å². The number of hydrogen-bond acceptors (Lipinski definition) is 5. The smallest absolute Gasteiger partial charge is 0.246 e. The van der Waals surface area contributed by atoms with E-state index in [0.717, 1.165) is 16.4 Å². The van der Waals surface area contributed by atoms with Crippen molar-refractivity contribution >= 4 is 33.7 Å². The van der Waals surface area contributed by atoms with Crippen LogP contribution in [0.3, 0.4) is 0 Å². The molecule has 0 aromatic carbocycles. The number of rotatable bonds is 4. The van der Waals surface area contributed by atoms with Crippen molar-refractivity contribution in [2.75, 3.05) is 5.32 Å². The van der Waals surface area contributed by atoms with E-state index in [1.165, 1.54) is 16.2 Å². The lowest BCUT2D eigenvalue weighted by molar-refractivity contribution is -0.116. The predicted octanol–water partition coefficient (Wildman–Crippen LogP) is 3.32. The van der Waals surface area contributed by atoms with E-state index in [9.17, 15) is 4.79 Å². The van der Waals surface area contributed by atoms with E-state index in [2.05, 4.69) is 34.3 Å². The van der Waals surface area contributed by atoms with Gasteiger partial charge in [-0.1, -0.05) is 0 Å². The zero-order valence-corrected chi connectivity index (χ0v) is 13.3. The zero-order valence-electron chi connectivity index (χ0n) is 11.7. The molecule has 5 nitrogen and oxygen atoms in total. The molecule has 108 valence electrons. The maximum Gasteiger partial charge on any atom is 0.246 e. The fourth-order valence-corrected chi connectivity index (χ4v) is 3.53. The van der Waals surface area contributed by atoms with Crippen molar-refractivity contribution in [1.82, 2.24) is 14.5 Å². The Balaban J connectivity index is 1.67. The standard InChI is InChI=1S/C14H14N4OS2/c1-9-3-4-12(21-9)11-8-20-14(16-11)17-13(19)7-18-6-5-15-10(18)2/h3-6,8H,7H2,1-2H3,(H,16,17,19). The Morgan fingerprint density at radius 3 is 2.90 bits per heavy atom. The summed E-state index contributed by atoms with van der Waals surface area (Å²) in [6.07, 6.45) is 3.47. The van der Waals surface area contributed by atoms with Crippen LogP contribution >= 0.6 is 22.7 Å². The molecule has 0 aliphatic carbocycles. The third kappa shape index (κ3) is 3.20. The van der Waals surface area contributed by atoms with Crippen molar-refractivity contribution < 1.29 is 4.79 Å². The van der Waals surface area contributed by atoms with Gasteiger partial charge in [0.05, 0.1) is 10.6 Å². The average Bonchev–Trinajstić information content (AvgIpc) is 3.13. The van der Waals surface area contributed by atoms with Gasteiger partial charge in [0.15, 0.2) is 5.13 Å². The van der Waals surface area contributed by atoms with Gasteiger partial charge in [-0.15, -0.1) is 22.7 Å². The molecule has 0 saturated carbocycles. The minimum atomic E-state index is -0.0978. The lowest BCUT2D eigenvalue weighted by atomic mass is 10.4. The van der Waals surface area contributed by atoms with E-state index in [1.807, 2.05) is 12.3 Å². The lowest BCUT2D eigenvalue weighted by Gasteiger charge is -2.04. The van der Waals surface area contributed by atoms with Crippen molar-refractivity contribution in [3.63, 3.8) is 0 Å². The van der Waals surface area contributed by atoms with Crippen LogP contribution in [0, 0.1) is 13.8 Å². The second-order valence-electron chi connectivity index (χ2n) is 4.60. The molecule has 0 unspecified atom stereocenters. The molecule has 0 radical (unpaired) electrons. The number of aryl methyl sites for hydroxylation is 2. The molecule has 7 heteroatoms. The van der Waals surface area contributed by atoms with Crippen LogP contribution in [0.2, 0.25) is 0 Å². The van der Waals surface area contributed by atoms with Crippen molar-refractivity contribution in [1.29, 1.82) is 0 Å². The van der Waals surface area contributed by atoms with Crippen LogP contribution < -0.4 is 5.32 Å². The highest BCUT2D eigenvalue weighted by atomic mass is 32.1. The first kappa shape index (κ1) is 14.0. The highest BCUT2D eigenvalue weighted by molar-refractivity contribution is 7.17. The van der Waals surface area contributed by atoms with Crippen LogP contribution in [0.25, 0.3) is 10.6 Å². The van der Waals surface area contributed by atoms with Gasteiger partial charge in [-0.05, 0) is 26.0 Å². The molecular formula is C14H14N4OS2. The summed E-state index contributed by atoms with van der Waals surface area (Å²) >= 11 is 3.14. The molecule has 0 fully saturated rings. The minimum Gasteiger partial charge on any atom is -0.326 e. The number of nitrogens with zero attached hydrogens (tertiary/aromatic N) is 3. The number of nitrogens with one attached hydrogen (secondary N) is 1. The number of carbonyl (C=O) groups excluding carboxylic acids is 1. The van der Waals surface area contributed by atoms with Gasteiger partial charge in [0, 0.05) is 22.7 Å². The Morgan fingerprint density at radius 1 is 1.38 bits per heavy atom. The molecule has 0 aliphatic rings. The molecular weight excluding hydrogens is 304 g/mol. The number of thiophene rings is 1. The van der Waals surface area contributed by atoms with Crippen LogP contribution in [0.4, 0.5) is 5.13 Å². The first-order valence-corrected chi connectivity index (χ1v) is 8.11. The minimum absolute atomic E-state index is 0.0978. The summed E-state index contributed by atoms with van der Waals surface area (Å²) in [5.41, 5.74) is 0.909. The summed E-state index contributed by atoms with van der Waals surface area (Å²) in [4.78, 5) is 22.9. The Kier molecular flexibility index (Phi) is 3.85. The number of thiazole rings is 1. The van der Waals surface area contributed by atoms with E-state index >= 15 is 0 Å². The largest absolute Gasteiger partial charge is 0.326 e. The van der Waals surface area contributed by atoms with Gasteiger partial charge in [0.25, 0.3) is 0 Å². The van der Waals surface area contributed by atoms with E-state index in [-0.39, 0.29) is 12.5 Å². The highest BCUT2D eigenvalue weighted by Gasteiger charge is 2.10. The van der Waals surface area contributed by atoms with E-state index < -0.39 is 0 Å². The molecule has 3 aromatic heterocycles. The van der Waals surface area contributed by atoms with Gasteiger partial charge in [0.1, 0.15) is 12.4 Å². The second kappa shape index (κ2) is 5.79. The Bertz CT molecular complexity index is 771. The molecule has 3 rings (SSSR count). The summed E-state index contributed by atoms with van der Waals surface area (Å²) in [6, 6.07) is 4.12. The van der Waals surface area contributed by atoms with Crippen LogP contribution in [0.15, 0.2) is 29.9 Å². The van der Waals surface area contributed by atoms with Crippen LogP contribution in [0.1, 0.15) is 10.7 Å². The van der Waals surface area contributed by atoms with Crippen molar-refractivity contribution in [3.05, 3.63) is 40.6 Å². The highest BCUT2D eigenvalue weighted by Crippen LogP contribution is 2.30. The van der Waals surface area contributed by atoms with Crippen LogP contribution in [0.5, 0.6) is 0 Å². The SMILES string of the molecule is Cc1ccc(-c2csc(NC(=O)Cn3ccnc3C)n2)s1. The zero-order chi connectivity index (χ0) is 14.8. The monoisotopic (exact) mass is 318 g/mol. The lowest BCUT2D eigenvalue weighted by Crippen LogP contribution is -2.18. The molecule has 1 amide bonds. The van der Waals surface area contributed by atoms with E-state index in [1.54, 1.807) is 28.3 Å². The topological polar surface area (TPSA) is 59.8 Å². The Hall–Kier alpha value is -1.99. The summed E-state index contributed by atoms with van der Waals surface area (Å²) in [7, 11) is 0. The Labute approximate surface area is 130 Å². The summed E-state index contributed by atoms with van der Waals surface area (Å²) in [5, 5.41) is 5.41. The summed E-state index contributed by atoms with van der Waals surface area (Å²) in [5.74, 6) is 0.721. The van der Waals surface area contributed by atoms with Gasteiger partial charge in [-0.3, -0.25) is 4.79 Å². The molecule has 0 saturated heterocycles. The number of anilines is 1. The average molecular weight is 318 g/mol. The molecule has 0 spiro atoms. The fourth-order valence-electron chi connectivity index (χ4n) is 1.90. The molecule has 0 aliphatic heterocycles. The first-order valence-electron chi connectivity index (χ1n) is 6.42. The third-order valence-electron chi connectivity index (χ3n) is 2.98. The second-order valence-corrected chi connectivity index (χ2v) is 6.74. The fraction of sp³-hybridized carbons (Fsp3) is 0.214. The number of imidazole rings is 1. The third-order valence-corrected chi connectivity index (χ3v) is 4.76. The predicted molar refractivity (Wildman–Crippen MR) is 85.8 cm³/mol. The number of hydrogen-bond donors (Lipinski definition) is 1. The van der Waals surface area contributed by atoms with Gasteiger partial charge < -0.3 is 9.88 Å². The number of aromatic nitrogens is 3. The molecule has 3 aromatic rings. The van der Waals surface area contributed by atoms with Crippen molar-refractivity contribution in [3.8, 4) is 10.6 Å². The van der Waals surface area contributed by atoms with Crippen LogP contribution in [-0.2, 0) is 11.3 Å². The normalized spacial score (nSPS) is 10.8. The summed E-state index contributed by atoms with van der Waals surface area (Å²) in [6.45, 7) is 4.18. The molecule has 1 N–H and O–H groups in total. The molecule has 0 atom stereocenters. The van der Waals surface area contributed by atoms with Crippen molar-refractivity contribution in [2.24, 2.45) is 0 Å². The first-order chi connectivity index (χ1) is 10.1. The van der Waals surface area contributed by atoms with Crippen molar-refractivity contribution in [2.45, 2.75) is 20.4 Å². The Morgan fingerprint density at radius 2 is 2.24 bits per heavy atom. The van der Waals surface area contributed by atoms with E-state index in [4.69, 9.17) is 0 Å². The molecule has 3 heterocycles. The maximum atomic E-state index is 12.0. The summed E-state index contributed by atoms with van der Waals surface area (Å²) < 4.78 is 1.80. The van der Waals surface area contributed by atoms with Gasteiger partial charge >= 0.3 is 0 Å². The van der Waals surface area contributed by atoms with Gasteiger partial charge in [-0.25, -0.2) is 9.97 Å². The van der Waals surface area contributed by atoms with Gasteiger partial charge in [-0.2, -0.15) is 0 Å². The van der Waals surface area contributed by atoms with E-state index in [0.29, 0.717) is 5.13 Å². The van der Waals surface area contributed by atoms with Crippen LogP contribution in [-0.4, -0.2) is 20.4 Å². The molecule has 0 bridgehead atoms. The quantitative estimate of drug-likeness (QED) is 0.803. The number of carbonyl (C=O) groups is 1. The maximum absolute atomic E-state index is 12.0. The number of amides is 1. The molecule has 21 heavy (non-hydrogen) atoms.